The van der Waals surface area contributed by atoms with Crippen LogP contribution in [-0.4, -0.2) is 73.1 Å². The quantitative estimate of drug-likeness (QED) is 0.877. The second kappa shape index (κ2) is 8.42. The molecule has 1 N–H and O–H groups in total. The lowest BCUT2D eigenvalue weighted by Gasteiger charge is -2.34. The fraction of sp³-hybridized carbons (Fsp3) is 0.647. The van der Waals surface area contributed by atoms with E-state index in [0.29, 0.717) is 32.7 Å². The maximum Gasteiger partial charge on any atom is 0.317 e. The van der Waals surface area contributed by atoms with Crippen molar-refractivity contribution >= 4 is 11.8 Å². The van der Waals surface area contributed by atoms with Crippen molar-refractivity contribution in [2.24, 2.45) is 0 Å². The Hall–Kier alpha value is -1.96. The Morgan fingerprint density at radius 2 is 1.88 bits per heavy atom. The molecule has 0 aromatic carbocycles. The fourth-order valence-electron chi connectivity index (χ4n) is 3.31. The van der Waals surface area contributed by atoms with Gasteiger partial charge in [0.15, 0.2) is 0 Å². The first-order valence-corrected chi connectivity index (χ1v) is 8.85. The minimum absolute atomic E-state index is 0.142. The number of pyridine rings is 1. The van der Waals surface area contributed by atoms with Gasteiger partial charge in [-0.05, 0) is 30.5 Å². The second-order valence-corrected chi connectivity index (χ2v) is 6.55. The smallest absolute Gasteiger partial charge is 0.317 e. The Morgan fingerprint density at radius 1 is 1.16 bits per heavy atom. The predicted molar refractivity (Wildman–Crippen MR) is 91.9 cm³/mol. The largest absolute Gasteiger partial charge is 0.357 e. The van der Waals surface area contributed by atoms with Gasteiger partial charge in [-0.3, -0.25) is 4.90 Å². The van der Waals surface area contributed by atoms with Crippen LogP contribution in [0.15, 0.2) is 18.3 Å². The summed E-state index contributed by atoms with van der Waals surface area (Å²) >= 11 is 0. The predicted octanol–water partition coefficient (Wildman–Crippen LogP) is 1.77. The molecule has 2 aliphatic heterocycles. The molecular weight excluding hydrogens is 328 g/mol. The molecule has 2 saturated heterocycles. The van der Waals surface area contributed by atoms with Crippen molar-refractivity contribution in [1.82, 2.24) is 20.1 Å². The van der Waals surface area contributed by atoms with Crippen LogP contribution in [0.2, 0.25) is 0 Å². The molecular formula is C17H25F2N5O. The summed E-state index contributed by atoms with van der Waals surface area (Å²) in [6.07, 6.45) is 1.84. The SMILES string of the molecule is O=C(NCc1ccnc(N2CCCC2)c1)N1CCN(CC(F)F)CC1. The van der Waals surface area contributed by atoms with Crippen molar-refractivity contribution in [2.45, 2.75) is 25.8 Å². The van der Waals surface area contributed by atoms with E-state index in [2.05, 4.69) is 15.2 Å². The molecule has 0 unspecified atom stereocenters. The molecule has 0 aliphatic carbocycles. The van der Waals surface area contributed by atoms with Crippen molar-refractivity contribution in [3.63, 3.8) is 0 Å². The van der Waals surface area contributed by atoms with E-state index in [1.165, 1.54) is 12.8 Å². The normalized spacial score (nSPS) is 18.8. The van der Waals surface area contributed by atoms with E-state index in [0.717, 1.165) is 24.5 Å². The summed E-state index contributed by atoms with van der Waals surface area (Å²) in [6.45, 7) is 4.24. The molecule has 2 aliphatic rings. The highest BCUT2D eigenvalue weighted by molar-refractivity contribution is 5.74. The Labute approximate surface area is 146 Å². The van der Waals surface area contributed by atoms with Gasteiger partial charge in [-0.1, -0.05) is 0 Å². The van der Waals surface area contributed by atoms with Crippen molar-refractivity contribution in [1.29, 1.82) is 0 Å². The molecule has 0 saturated carbocycles. The van der Waals surface area contributed by atoms with Crippen molar-refractivity contribution < 1.29 is 13.6 Å². The summed E-state index contributed by atoms with van der Waals surface area (Å²) in [6, 6.07) is 3.78. The third-order valence-corrected chi connectivity index (χ3v) is 4.74. The van der Waals surface area contributed by atoms with E-state index in [1.807, 2.05) is 12.1 Å². The molecule has 0 radical (unpaired) electrons. The van der Waals surface area contributed by atoms with E-state index >= 15 is 0 Å². The summed E-state index contributed by atoms with van der Waals surface area (Å²) in [5.41, 5.74) is 1.02. The maximum atomic E-state index is 12.4. The molecule has 0 spiro atoms. The topological polar surface area (TPSA) is 51.7 Å². The number of nitrogens with zero attached hydrogens (tertiary/aromatic N) is 4. The first-order chi connectivity index (χ1) is 12.1. The molecule has 138 valence electrons. The van der Waals surface area contributed by atoms with Gasteiger partial charge < -0.3 is 15.1 Å². The van der Waals surface area contributed by atoms with Gasteiger partial charge in [0.25, 0.3) is 6.43 Å². The van der Waals surface area contributed by atoms with E-state index in [9.17, 15) is 13.6 Å². The first kappa shape index (κ1) is 17.8. The van der Waals surface area contributed by atoms with E-state index in [-0.39, 0.29) is 12.6 Å². The number of anilines is 1. The number of rotatable bonds is 5. The molecule has 1 aromatic heterocycles. The van der Waals surface area contributed by atoms with Crippen LogP contribution in [-0.2, 0) is 6.54 Å². The third kappa shape index (κ3) is 5.01. The van der Waals surface area contributed by atoms with Gasteiger partial charge in [0.2, 0.25) is 0 Å². The lowest BCUT2D eigenvalue weighted by atomic mass is 10.2. The Morgan fingerprint density at radius 3 is 2.56 bits per heavy atom. The molecule has 6 nitrogen and oxygen atoms in total. The summed E-state index contributed by atoms with van der Waals surface area (Å²) < 4.78 is 24.8. The van der Waals surface area contributed by atoms with E-state index in [1.54, 1.807) is 16.0 Å². The summed E-state index contributed by atoms with van der Waals surface area (Å²) in [5.74, 6) is 0.963. The lowest BCUT2D eigenvalue weighted by molar-refractivity contribution is 0.0636. The number of urea groups is 1. The molecule has 1 aromatic rings. The minimum atomic E-state index is -2.32. The van der Waals surface area contributed by atoms with Crippen LogP contribution in [0.3, 0.4) is 0 Å². The van der Waals surface area contributed by atoms with Crippen LogP contribution >= 0.6 is 0 Å². The number of nitrogens with one attached hydrogen (secondary N) is 1. The van der Waals surface area contributed by atoms with Crippen LogP contribution in [0.4, 0.5) is 19.4 Å². The molecule has 3 rings (SSSR count). The number of aromatic nitrogens is 1. The zero-order valence-corrected chi connectivity index (χ0v) is 14.3. The number of hydrogen-bond acceptors (Lipinski definition) is 4. The Kier molecular flexibility index (Phi) is 6.01. The Balaban J connectivity index is 1.45. The van der Waals surface area contributed by atoms with Gasteiger partial charge in [0, 0.05) is 52.0 Å². The first-order valence-electron chi connectivity index (χ1n) is 8.85. The van der Waals surface area contributed by atoms with Crippen LogP contribution in [0.25, 0.3) is 0 Å². The number of piperazine rings is 1. The minimum Gasteiger partial charge on any atom is -0.357 e. The zero-order chi connectivity index (χ0) is 17.6. The van der Waals surface area contributed by atoms with E-state index in [4.69, 9.17) is 0 Å². The molecule has 2 fully saturated rings. The van der Waals surface area contributed by atoms with Crippen molar-refractivity contribution in [2.75, 3.05) is 50.7 Å². The molecule has 8 heteroatoms. The molecule has 0 bridgehead atoms. The zero-order valence-electron chi connectivity index (χ0n) is 14.3. The number of amides is 2. The average molecular weight is 353 g/mol. The Bertz CT molecular complexity index is 572. The molecule has 25 heavy (non-hydrogen) atoms. The molecule has 2 amide bonds. The van der Waals surface area contributed by atoms with Gasteiger partial charge >= 0.3 is 6.03 Å². The van der Waals surface area contributed by atoms with Crippen molar-refractivity contribution in [3.05, 3.63) is 23.9 Å². The number of alkyl halides is 2. The van der Waals surface area contributed by atoms with Crippen LogP contribution in [0.1, 0.15) is 18.4 Å². The summed E-state index contributed by atoms with van der Waals surface area (Å²) in [5, 5.41) is 2.92. The number of halogens is 2. The van der Waals surface area contributed by atoms with Crippen molar-refractivity contribution in [3.8, 4) is 0 Å². The third-order valence-electron chi connectivity index (χ3n) is 4.74. The standard InChI is InChI=1S/C17H25F2N5O/c18-15(19)13-22-7-9-24(10-8-22)17(25)21-12-14-3-4-20-16(11-14)23-5-1-2-6-23/h3-4,11,15H,1-2,5-10,12-13H2,(H,21,25). The number of hydrogen-bond donors (Lipinski definition) is 1. The maximum absolute atomic E-state index is 12.4. The highest BCUT2D eigenvalue weighted by Gasteiger charge is 2.22. The second-order valence-electron chi connectivity index (χ2n) is 6.55. The van der Waals surface area contributed by atoms with Gasteiger partial charge in [0.1, 0.15) is 5.82 Å². The summed E-state index contributed by atoms with van der Waals surface area (Å²) in [7, 11) is 0. The number of carbonyl (C=O) groups excluding carboxylic acids is 1. The van der Waals surface area contributed by atoms with Crippen LogP contribution in [0, 0.1) is 0 Å². The average Bonchev–Trinajstić information content (AvgIpc) is 3.15. The fourth-order valence-corrected chi connectivity index (χ4v) is 3.31. The van der Waals surface area contributed by atoms with Gasteiger partial charge in [-0.2, -0.15) is 0 Å². The molecule has 0 atom stereocenters. The highest BCUT2D eigenvalue weighted by Crippen LogP contribution is 2.18. The lowest BCUT2D eigenvalue weighted by Crippen LogP contribution is -2.52. The van der Waals surface area contributed by atoms with Gasteiger partial charge in [-0.25, -0.2) is 18.6 Å². The van der Waals surface area contributed by atoms with E-state index < -0.39 is 6.43 Å². The van der Waals surface area contributed by atoms with Gasteiger partial charge in [-0.15, -0.1) is 0 Å². The number of carbonyl (C=O) groups is 1. The molecule has 3 heterocycles. The van der Waals surface area contributed by atoms with Crippen LogP contribution < -0.4 is 10.2 Å². The van der Waals surface area contributed by atoms with Crippen LogP contribution in [0.5, 0.6) is 0 Å². The van der Waals surface area contributed by atoms with Gasteiger partial charge in [0.05, 0.1) is 6.54 Å². The monoisotopic (exact) mass is 353 g/mol. The highest BCUT2D eigenvalue weighted by atomic mass is 19.3. The summed E-state index contributed by atoms with van der Waals surface area (Å²) in [4.78, 5) is 22.3.